The molecule has 1 aromatic rings. The van der Waals surface area contributed by atoms with Crippen LogP contribution in [0, 0.1) is 13.8 Å². The molecule has 0 bridgehead atoms. The van der Waals surface area contributed by atoms with Crippen LogP contribution < -0.4 is 9.62 Å². The van der Waals surface area contributed by atoms with Gasteiger partial charge in [-0.15, -0.1) is 0 Å². The molecule has 0 aliphatic carbocycles. The number of sulfonamides is 1. The van der Waals surface area contributed by atoms with Crippen LogP contribution in [0.25, 0.3) is 0 Å². The van der Waals surface area contributed by atoms with Gasteiger partial charge in [0.05, 0.1) is 6.26 Å². The Morgan fingerprint density at radius 2 is 1.95 bits per heavy atom. The zero-order valence-corrected chi connectivity index (χ0v) is 12.4. The SMILES string of the molecule is Cc1cc(C)nc(N2CCCC(NS(C)(=O)=O)C2)n1. The fourth-order valence-corrected chi connectivity index (χ4v) is 3.20. The van der Waals surface area contributed by atoms with Crippen LogP contribution in [0.3, 0.4) is 0 Å². The summed E-state index contributed by atoms with van der Waals surface area (Å²) in [5.41, 5.74) is 1.86. The first-order valence-electron chi connectivity index (χ1n) is 6.38. The molecule has 0 saturated carbocycles. The van der Waals surface area contributed by atoms with E-state index in [-0.39, 0.29) is 6.04 Å². The second-order valence-electron chi connectivity index (χ2n) is 5.13. The highest BCUT2D eigenvalue weighted by Crippen LogP contribution is 2.17. The van der Waals surface area contributed by atoms with Gasteiger partial charge in [-0.3, -0.25) is 0 Å². The summed E-state index contributed by atoms with van der Waals surface area (Å²) in [5, 5.41) is 0. The van der Waals surface area contributed by atoms with Gasteiger partial charge in [0.2, 0.25) is 16.0 Å². The van der Waals surface area contributed by atoms with Gasteiger partial charge in [0.15, 0.2) is 0 Å². The van der Waals surface area contributed by atoms with Crippen molar-refractivity contribution in [3.05, 3.63) is 17.5 Å². The third-order valence-corrected chi connectivity index (χ3v) is 3.82. The molecule has 1 unspecified atom stereocenters. The molecule has 1 fully saturated rings. The maximum Gasteiger partial charge on any atom is 0.225 e. The number of nitrogens with zero attached hydrogens (tertiary/aromatic N) is 3. The molecule has 2 heterocycles. The van der Waals surface area contributed by atoms with Gasteiger partial charge in [-0.1, -0.05) is 0 Å². The molecule has 2 rings (SSSR count). The lowest BCUT2D eigenvalue weighted by molar-refractivity contribution is 0.463. The molecule has 7 heteroatoms. The monoisotopic (exact) mass is 284 g/mol. The van der Waals surface area contributed by atoms with Crippen molar-refractivity contribution in [1.82, 2.24) is 14.7 Å². The summed E-state index contributed by atoms with van der Waals surface area (Å²) in [4.78, 5) is 10.9. The van der Waals surface area contributed by atoms with E-state index < -0.39 is 10.0 Å². The quantitative estimate of drug-likeness (QED) is 0.880. The van der Waals surface area contributed by atoms with E-state index in [1.165, 1.54) is 6.26 Å². The van der Waals surface area contributed by atoms with E-state index in [1.807, 2.05) is 24.8 Å². The van der Waals surface area contributed by atoms with Gasteiger partial charge in [-0.2, -0.15) is 0 Å². The second kappa shape index (κ2) is 5.42. The van der Waals surface area contributed by atoms with Crippen molar-refractivity contribution in [1.29, 1.82) is 0 Å². The Balaban J connectivity index is 2.12. The normalized spacial score (nSPS) is 20.6. The third-order valence-electron chi connectivity index (χ3n) is 3.06. The van der Waals surface area contributed by atoms with E-state index >= 15 is 0 Å². The molecule has 106 valence electrons. The van der Waals surface area contributed by atoms with Gasteiger partial charge in [0.25, 0.3) is 0 Å². The van der Waals surface area contributed by atoms with Crippen LogP contribution in [-0.2, 0) is 10.0 Å². The lowest BCUT2D eigenvalue weighted by atomic mass is 10.1. The average molecular weight is 284 g/mol. The van der Waals surface area contributed by atoms with E-state index in [9.17, 15) is 8.42 Å². The third kappa shape index (κ3) is 4.14. The predicted octanol–water partition coefficient (Wildman–Crippen LogP) is 0.611. The van der Waals surface area contributed by atoms with Gasteiger partial charge in [-0.25, -0.2) is 23.1 Å². The number of rotatable bonds is 3. The van der Waals surface area contributed by atoms with Crippen molar-refractivity contribution in [3.63, 3.8) is 0 Å². The lowest BCUT2D eigenvalue weighted by Crippen LogP contribution is -2.48. The predicted molar refractivity (Wildman–Crippen MR) is 74.7 cm³/mol. The van der Waals surface area contributed by atoms with Crippen LogP contribution in [-0.4, -0.2) is 43.8 Å². The fourth-order valence-electron chi connectivity index (χ4n) is 2.41. The number of anilines is 1. The topological polar surface area (TPSA) is 75.2 Å². The summed E-state index contributed by atoms with van der Waals surface area (Å²) >= 11 is 0. The molecule has 0 spiro atoms. The highest BCUT2D eigenvalue weighted by molar-refractivity contribution is 7.88. The highest BCUT2D eigenvalue weighted by atomic mass is 32.2. The Morgan fingerprint density at radius 3 is 2.53 bits per heavy atom. The Labute approximate surface area is 114 Å². The van der Waals surface area contributed by atoms with Crippen LogP contribution in [0.5, 0.6) is 0 Å². The minimum atomic E-state index is -3.16. The number of hydrogen-bond acceptors (Lipinski definition) is 5. The maximum atomic E-state index is 11.3. The minimum Gasteiger partial charge on any atom is -0.339 e. The smallest absolute Gasteiger partial charge is 0.225 e. The van der Waals surface area contributed by atoms with Crippen molar-refractivity contribution in [2.45, 2.75) is 32.7 Å². The summed E-state index contributed by atoms with van der Waals surface area (Å²) < 4.78 is 25.2. The van der Waals surface area contributed by atoms with E-state index in [2.05, 4.69) is 14.7 Å². The standard InChI is InChI=1S/C12H20N4O2S/c1-9-7-10(2)14-12(13-9)16-6-4-5-11(8-16)15-19(3,17)18/h7,11,15H,4-6,8H2,1-3H3. The first-order chi connectivity index (χ1) is 8.83. The van der Waals surface area contributed by atoms with Crippen LogP contribution >= 0.6 is 0 Å². The van der Waals surface area contributed by atoms with E-state index in [0.29, 0.717) is 12.5 Å². The molecule has 1 saturated heterocycles. The van der Waals surface area contributed by atoms with Gasteiger partial charge in [-0.05, 0) is 32.8 Å². The molecule has 1 aliphatic heterocycles. The van der Waals surface area contributed by atoms with Crippen LogP contribution in [0.2, 0.25) is 0 Å². The van der Waals surface area contributed by atoms with Crippen LogP contribution in [0.15, 0.2) is 6.07 Å². The molecule has 1 aliphatic rings. The summed E-state index contributed by atoms with van der Waals surface area (Å²) in [6.07, 6.45) is 2.98. The van der Waals surface area contributed by atoms with Crippen molar-refractivity contribution in [2.24, 2.45) is 0 Å². The number of aromatic nitrogens is 2. The van der Waals surface area contributed by atoms with Crippen LogP contribution in [0.1, 0.15) is 24.2 Å². The Morgan fingerprint density at radius 1 is 1.32 bits per heavy atom. The van der Waals surface area contributed by atoms with Crippen LogP contribution in [0.4, 0.5) is 5.95 Å². The average Bonchev–Trinajstić information content (AvgIpc) is 2.25. The summed E-state index contributed by atoms with van der Waals surface area (Å²) in [6.45, 7) is 5.36. The van der Waals surface area contributed by atoms with E-state index in [1.54, 1.807) is 0 Å². The van der Waals surface area contributed by atoms with E-state index in [4.69, 9.17) is 0 Å². The zero-order valence-electron chi connectivity index (χ0n) is 11.5. The number of nitrogens with one attached hydrogen (secondary N) is 1. The molecule has 0 radical (unpaired) electrons. The Bertz CT molecular complexity index is 539. The first-order valence-corrected chi connectivity index (χ1v) is 8.27. The Hall–Kier alpha value is -1.21. The molecular formula is C12H20N4O2S. The highest BCUT2D eigenvalue weighted by Gasteiger charge is 2.24. The van der Waals surface area contributed by atoms with Crippen molar-refractivity contribution < 1.29 is 8.42 Å². The molecular weight excluding hydrogens is 264 g/mol. The largest absolute Gasteiger partial charge is 0.339 e. The molecule has 1 atom stereocenters. The number of hydrogen-bond donors (Lipinski definition) is 1. The van der Waals surface area contributed by atoms with Crippen molar-refractivity contribution in [3.8, 4) is 0 Å². The number of piperidine rings is 1. The van der Waals surface area contributed by atoms with Crippen molar-refractivity contribution in [2.75, 3.05) is 24.2 Å². The molecule has 19 heavy (non-hydrogen) atoms. The molecule has 0 amide bonds. The summed E-state index contributed by atoms with van der Waals surface area (Å²) in [5.74, 6) is 0.692. The van der Waals surface area contributed by atoms with Gasteiger partial charge in [0.1, 0.15) is 0 Å². The van der Waals surface area contributed by atoms with Gasteiger partial charge < -0.3 is 4.90 Å². The fraction of sp³-hybridized carbons (Fsp3) is 0.667. The summed E-state index contributed by atoms with van der Waals surface area (Å²) in [6, 6.07) is 1.87. The zero-order chi connectivity index (χ0) is 14.0. The molecule has 1 N–H and O–H groups in total. The second-order valence-corrected chi connectivity index (χ2v) is 6.91. The minimum absolute atomic E-state index is 0.0619. The molecule has 6 nitrogen and oxygen atoms in total. The molecule has 1 aromatic heterocycles. The Kier molecular flexibility index (Phi) is 4.05. The van der Waals surface area contributed by atoms with Gasteiger partial charge >= 0.3 is 0 Å². The van der Waals surface area contributed by atoms with Crippen molar-refractivity contribution >= 4 is 16.0 Å². The van der Waals surface area contributed by atoms with E-state index in [0.717, 1.165) is 30.8 Å². The first kappa shape index (κ1) is 14.2. The molecule has 0 aromatic carbocycles. The summed E-state index contributed by atoms with van der Waals surface area (Å²) in [7, 11) is -3.16. The maximum absolute atomic E-state index is 11.3. The van der Waals surface area contributed by atoms with Gasteiger partial charge in [0, 0.05) is 30.5 Å². The number of aryl methyl sites for hydroxylation is 2. The lowest BCUT2D eigenvalue weighted by Gasteiger charge is -2.32.